The van der Waals surface area contributed by atoms with Gasteiger partial charge in [0, 0.05) is 28.1 Å². The Hall–Kier alpha value is -1.29. The number of carboxylic acid groups (broad SMARTS) is 1. The average molecular weight is 310 g/mol. The maximum atomic E-state index is 10.9. The molecule has 0 aliphatic carbocycles. The summed E-state index contributed by atoms with van der Waals surface area (Å²) in [6.45, 7) is 3.09. The molecular formula is C14H16BrNO2. The van der Waals surface area contributed by atoms with Gasteiger partial charge in [-0.15, -0.1) is 0 Å². The van der Waals surface area contributed by atoms with Crippen molar-refractivity contribution in [1.82, 2.24) is 4.57 Å². The van der Waals surface area contributed by atoms with Crippen molar-refractivity contribution in [2.75, 3.05) is 0 Å². The van der Waals surface area contributed by atoms with E-state index in [0.29, 0.717) is 0 Å². The Morgan fingerprint density at radius 1 is 1.44 bits per heavy atom. The number of aryl methyl sites for hydroxylation is 1. The number of rotatable bonds is 5. The van der Waals surface area contributed by atoms with Crippen LogP contribution in [0.25, 0.3) is 10.9 Å². The molecule has 0 saturated carbocycles. The van der Waals surface area contributed by atoms with Crippen molar-refractivity contribution in [1.29, 1.82) is 0 Å². The van der Waals surface area contributed by atoms with E-state index in [1.54, 1.807) is 0 Å². The largest absolute Gasteiger partial charge is 0.481 e. The van der Waals surface area contributed by atoms with Gasteiger partial charge in [0.05, 0.1) is 6.42 Å². The van der Waals surface area contributed by atoms with Crippen molar-refractivity contribution in [2.24, 2.45) is 0 Å². The molecular weight excluding hydrogens is 294 g/mol. The monoisotopic (exact) mass is 309 g/mol. The number of benzene rings is 1. The molecule has 18 heavy (non-hydrogen) atoms. The summed E-state index contributed by atoms with van der Waals surface area (Å²) < 4.78 is 3.14. The number of hydrogen-bond donors (Lipinski definition) is 1. The molecule has 3 nitrogen and oxygen atoms in total. The topological polar surface area (TPSA) is 42.2 Å². The highest BCUT2D eigenvalue weighted by molar-refractivity contribution is 9.10. The van der Waals surface area contributed by atoms with E-state index >= 15 is 0 Å². The molecule has 2 aromatic rings. The smallest absolute Gasteiger partial charge is 0.307 e. The molecule has 1 N–H and O–H groups in total. The first kappa shape index (κ1) is 13.1. The lowest BCUT2D eigenvalue weighted by molar-refractivity contribution is -0.136. The molecule has 0 radical (unpaired) electrons. The van der Waals surface area contributed by atoms with Crippen LogP contribution in [0.5, 0.6) is 0 Å². The SMILES string of the molecule is CCCCn1cc(CC(=O)O)c2cc(Br)ccc21. The van der Waals surface area contributed by atoms with Crippen LogP contribution in [0.1, 0.15) is 25.3 Å². The summed E-state index contributed by atoms with van der Waals surface area (Å²) >= 11 is 3.44. The third-order valence-corrected chi connectivity index (χ3v) is 3.51. The second kappa shape index (κ2) is 5.57. The van der Waals surface area contributed by atoms with Crippen LogP contribution in [0.2, 0.25) is 0 Å². The Bertz CT molecular complexity index is 574. The van der Waals surface area contributed by atoms with Gasteiger partial charge in [0.25, 0.3) is 0 Å². The minimum Gasteiger partial charge on any atom is -0.481 e. The number of aliphatic carboxylic acids is 1. The van der Waals surface area contributed by atoms with Crippen LogP contribution in [0.15, 0.2) is 28.9 Å². The zero-order valence-electron chi connectivity index (χ0n) is 10.3. The van der Waals surface area contributed by atoms with Crippen LogP contribution in [-0.2, 0) is 17.8 Å². The zero-order chi connectivity index (χ0) is 13.1. The van der Waals surface area contributed by atoms with Gasteiger partial charge in [-0.25, -0.2) is 0 Å². The van der Waals surface area contributed by atoms with Crippen molar-refractivity contribution < 1.29 is 9.90 Å². The summed E-state index contributed by atoms with van der Waals surface area (Å²) in [5.41, 5.74) is 2.00. The van der Waals surface area contributed by atoms with Crippen molar-refractivity contribution in [3.63, 3.8) is 0 Å². The van der Waals surface area contributed by atoms with Crippen molar-refractivity contribution >= 4 is 32.8 Å². The molecule has 0 unspecified atom stereocenters. The molecule has 1 aromatic carbocycles. The normalized spacial score (nSPS) is 11.0. The van der Waals surface area contributed by atoms with Gasteiger partial charge in [0.2, 0.25) is 0 Å². The lowest BCUT2D eigenvalue weighted by Crippen LogP contribution is -1.99. The number of carbonyl (C=O) groups is 1. The van der Waals surface area contributed by atoms with E-state index in [-0.39, 0.29) is 6.42 Å². The molecule has 4 heteroatoms. The molecule has 0 bridgehead atoms. The Kier molecular flexibility index (Phi) is 4.07. The summed E-state index contributed by atoms with van der Waals surface area (Å²) in [7, 11) is 0. The number of aromatic nitrogens is 1. The van der Waals surface area contributed by atoms with E-state index in [9.17, 15) is 4.79 Å². The molecule has 0 atom stereocenters. The summed E-state index contributed by atoms with van der Waals surface area (Å²) in [5, 5.41) is 9.99. The predicted molar refractivity (Wildman–Crippen MR) is 75.9 cm³/mol. The number of carboxylic acids is 1. The maximum Gasteiger partial charge on any atom is 0.307 e. The highest BCUT2D eigenvalue weighted by Crippen LogP contribution is 2.26. The lowest BCUT2D eigenvalue weighted by Gasteiger charge is -2.03. The number of hydrogen-bond acceptors (Lipinski definition) is 1. The van der Waals surface area contributed by atoms with Gasteiger partial charge in [-0.2, -0.15) is 0 Å². The van der Waals surface area contributed by atoms with E-state index in [0.717, 1.165) is 40.3 Å². The summed E-state index contributed by atoms with van der Waals surface area (Å²) in [6.07, 6.45) is 4.28. The van der Waals surface area contributed by atoms with Crippen LogP contribution >= 0.6 is 15.9 Å². The standard InChI is InChI=1S/C14H16BrNO2/c1-2-3-6-16-9-10(7-14(17)18)12-8-11(15)4-5-13(12)16/h4-5,8-9H,2-3,6-7H2,1H3,(H,17,18). The van der Waals surface area contributed by atoms with Crippen molar-refractivity contribution in [2.45, 2.75) is 32.7 Å². The van der Waals surface area contributed by atoms with Gasteiger partial charge >= 0.3 is 5.97 Å². The Balaban J connectivity index is 2.48. The predicted octanol–water partition coefficient (Wildman–Crippen LogP) is 3.83. The Morgan fingerprint density at radius 2 is 2.22 bits per heavy atom. The third kappa shape index (κ3) is 2.75. The van der Waals surface area contributed by atoms with E-state index < -0.39 is 5.97 Å². The number of nitrogens with zero attached hydrogens (tertiary/aromatic N) is 1. The molecule has 1 heterocycles. The molecule has 1 aromatic heterocycles. The van der Waals surface area contributed by atoms with E-state index in [2.05, 4.69) is 27.4 Å². The fraction of sp³-hybridized carbons (Fsp3) is 0.357. The van der Waals surface area contributed by atoms with Crippen LogP contribution in [0, 0.1) is 0 Å². The molecule has 2 rings (SSSR count). The van der Waals surface area contributed by atoms with Gasteiger partial charge in [-0.3, -0.25) is 4.79 Å². The summed E-state index contributed by atoms with van der Waals surface area (Å²) in [5.74, 6) is -0.787. The quantitative estimate of drug-likeness (QED) is 0.912. The summed E-state index contributed by atoms with van der Waals surface area (Å²) in [6, 6.07) is 6.03. The minimum absolute atomic E-state index is 0.0755. The molecule has 96 valence electrons. The van der Waals surface area contributed by atoms with Crippen LogP contribution in [0.4, 0.5) is 0 Å². The maximum absolute atomic E-state index is 10.9. The molecule has 0 aliphatic rings. The van der Waals surface area contributed by atoms with E-state index in [1.165, 1.54) is 0 Å². The van der Waals surface area contributed by atoms with Gasteiger partial charge < -0.3 is 9.67 Å². The Morgan fingerprint density at radius 3 is 2.89 bits per heavy atom. The number of fused-ring (bicyclic) bond motifs is 1. The van der Waals surface area contributed by atoms with E-state index in [4.69, 9.17) is 5.11 Å². The zero-order valence-corrected chi connectivity index (χ0v) is 11.9. The van der Waals surface area contributed by atoms with Crippen LogP contribution in [0.3, 0.4) is 0 Å². The number of unbranched alkanes of at least 4 members (excludes halogenated alkanes) is 1. The fourth-order valence-corrected chi connectivity index (χ4v) is 2.52. The van der Waals surface area contributed by atoms with Crippen LogP contribution in [-0.4, -0.2) is 15.6 Å². The second-order valence-electron chi connectivity index (χ2n) is 4.43. The van der Waals surface area contributed by atoms with Crippen LogP contribution < -0.4 is 0 Å². The lowest BCUT2D eigenvalue weighted by atomic mass is 10.1. The van der Waals surface area contributed by atoms with Gasteiger partial charge in [0.15, 0.2) is 0 Å². The number of halogens is 1. The molecule has 0 spiro atoms. The highest BCUT2D eigenvalue weighted by atomic mass is 79.9. The second-order valence-corrected chi connectivity index (χ2v) is 5.35. The fourth-order valence-electron chi connectivity index (χ4n) is 2.16. The average Bonchev–Trinajstić information content (AvgIpc) is 2.64. The van der Waals surface area contributed by atoms with Gasteiger partial charge in [-0.05, 0) is 30.2 Å². The third-order valence-electron chi connectivity index (χ3n) is 3.02. The summed E-state index contributed by atoms with van der Waals surface area (Å²) in [4.78, 5) is 10.9. The van der Waals surface area contributed by atoms with Crippen molar-refractivity contribution in [3.8, 4) is 0 Å². The van der Waals surface area contributed by atoms with E-state index in [1.807, 2.05) is 24.4 Å². The first-order valence-corrected chi connectivity index (χ1v) is 6.90. The molecule has 0 fully saturated rings. The first-order chi connectivity index (χ1) is 8.61. The minimum atomic E-state index is -0.787. The van der Waals surface area contributed by atoms with Gasteiger partial charge in [0.1, 0.15) is 0 Å². The van der Waals surface area contributed by atoms with Crippen molar-refractivity contribution in [3.05, 3.63) is 34.4 Å². The Labute approximate surface area is 115 Å². The van der Waals surface area contributed by atoms with Gasteiger partial charge in [-0.1, -0.05) is 29.3 Å². The molecule has 0 amide bonds. The molecule has 0 saturated heterocycles. The first-order valence-electron chi connectivity index (χ1n) is 6.11. The molecule has 0 aliphatic heterocycles. The highest BCUT2D eigenvalue weighted by Gasteiger charge is 2.11.